The zero-order valence-electron chi connectivity index (χ0n) is 15.7. The molecule has 0 amide bonds. The molecule has 0 saturated carbocycles. The molecule has 0 radical (unpaired) electrons. The zero-order valence-corrected chi connectivity index (χ0v) is 15.7. The van der Waals surface area contributed by atoms with Crippen LogP contribution in [0.2, 0.25) is 0 Å². The Morgan fingerprint density at radius 3 is 1.54 bits per heavy atom. The molecule has 1 nitrogen and oxygen atoms in total. The molecule has 0 unspecified atom stereocenters. The van der Waals surface area contributed by atoms with E-state index in [0.717, 1.165) is 12.8 Å². The van der Waals surface area contributed by atoms with Gasteiger partial charge in [-0.05, 0) is 59.4 Å². The van der Waals surface area contributed by atoms with Crippen LogP contribution in [0.5, 0.6) is 0 Å². The number of rotatable bonds is 1. The third-order valence-corrected chi connectivity index (χ3v) is 6.44. The Kier molecular flexibility index (Phi) is 3.28. The molecule has 0 N–H and O–H groups in total. The summed E-state index contributed by atoms with van der Waals surface area (Å²) in [5.74, 6) is 0. The summed E-state index contributed by atoms with van der Waals surface area (Å²) in [6.45, 7) is 0. The van der Waals surface area contributed by atoms with E-state index in [1.165, 1.54) is 39.3 Å². The maximum atomic E-state index is 2.43. The molecule has 6 rings (SSSR count). The van der Waals surface area contributed by atoms with Crippen molar-refractivity contribution in [3.8, 4) is 0 Å². The summed E-state index contributed by atoms with van der Waals surface area (Å²) >= 11 is 0. The number of benzene rings is 4. The first kappa shape index (κ1) is 15.7. The summed E-state index contributed by atoms with van der Waals surface area (Å²) in [7, 11) is 0. The van der Waals surface area contributed by atoms with Gasteiger partial charge in [-0.15, -0.1) is 0 Å². The number of hydrogen-bond donors (Lipinski definition) is 0. The SMILES string of the molecule is c1ccc(N2c3ccccc3C3(Cc4ccccc4C3)c3ccccc32)cc1. The minimum absolute atomic E-state index is 0.0160. The van der Waals surface area contributed by atoms with Crippen molar-refractivity contribution in [3.05, 3.63) is 125 Å². The number of hydrogen-bond acceptors (Lipinski definition) is 1. The molecule has 0 saturated heterocycles. The Morgan fingerprint density at radius 1 is 0.500 bits per heavy atom. The zero-order chi connectivity index (χ0) is 18.6. The van der Waals surface area contributed by atoms with Gasteiger partial charge in [-0.1, -0.05) is 78.9 Å². The number of nitrogens with zero attached hydrogens (tertiary/aromatic N) is 1. The lowest BCUT2D eigenvalue weighted by molar-refractivity contribution is 0.543. The van der Waals surface area contributed by atoms with Crippen LogP contribution in [0.3, 0.4) is 0 Å². The topological polar surface area (TPSA) is 3.24 Å². The molecular weight excluding hydrogens is 338 g/mol. The van der Waals surface area contributed by atoms with Gasteiger partial charge in [0.25, 0.3) is 0 Å². The lowest BCUT2D eigenvalue weighted by Gasteiger charge is -2.44. The first-order chi connectivity index (χ1) is 13.9. The predicted octanol–water partition coefficient (Wildman–Crippen LogP) is 6.55. The van der Waals surface area contributed by atoms with E-state index < -0.39 is 0 Å². The fourth-order valence-corrected chi connectivity index (χ4v) is 5.27. The van der Waals surface area contributed by atoms with E-state index >= 15 is 0 Å². The highest BCUT2D eigenvalue weighted by molar-refractivity contribution is 5.86. The van der Waals surface area contributed by atoms with Gasteiger partial charge in [0, 0.05) is 11.1 Å². The molecule has 4 aromatic carbocycles. The number of para-hydroxylation sites is 3. The summed E-state index contributed by atoms with van der Waals surface area (Å²) in [6.07, 6.45) is 2.14. The van der Waals surface area contributed by atoms with Crippen LogP contribution in [0.1, 0.15) is 22.3 Å². The highest BCUT2D eigenvalue weighted by Gasteiger charge is 2.46. The average molecular weight is 359 g/mol. The van der Waals surface area contributed by atoms with Crippen LogP contribution in [-0.4, -0.2) is 0 Å². The van der Waals surface area contributed by atoms with E-state index in [1.54, 1.807) is 0 Å². The Balaban J connectivity index is 1.65. The molecule has 134 valence electrons. The van der Waals surface area contributed by atoms with E-state index in [4.69, 9.17) is 0 Å². The third-order valence-electron chi connectivity index (χ3n) is 6.44. The smallest absolute Gasteiger partial charge is 0.0503 e. The van der Waals surface area contributed by atoms with E-state index in [2.05, 4.69) is 108 Å². The fraction of sp³-hybridized carbons (Fsp3) is 0.111. The lowest BCUT2D eigenvalue weighted by Crippen LogP contribution is -2.36. The Labute approximate surface area is 165 Å². The van der Waals surface area contributed by atoms with Crippen molar-refractivity contribution in [2.45, 2.75) is 18.3 Å². The van der Waals surface area contributed by atoms with Crippen molar-refractivity contribution < 1.29 is 0 Å². The minimum atomic E-state index is 0.0160. The largest absolute Gasteiger partial charge is 0.310 e. The minimum Gasteiger partial charge on any atom is -0.310 e. The van der Waals surface area contributed by atoms with Gasteiger partial charge in [-0.3, -0.25) is 0 Å². The summed E-state index contributed by atoms with van der Waals surface area (Å²) in [5, 5.41) is 0. The second-order valence-corrected chi connectivity index (χ2v) is 7.91. The average Bonchev–Trinajstić information content (AvgIpc) is 3.15. The van der Waals surface area contributed by atoms with Crippen LogP contribution in [0, 0.1) is 0 Å². The predicted molar refractivity (Wildman–Crippen MR) is 116 cm³/mol. The summed E-state index contributed by atoms with van der Waals surface area (Å²) in [6, 6.07) is 37.7. The van der Waals surface area contributed by atoms with Crippen LogP contribution in [0.25, 0.3) is 0 Å². The monoisotopic (exact) mass is 359 g/mol. The molecule has 1 spiro atoms. The van der Waals surface area contributed by atoms with Crippen LogP contribution >= 0.6 is 0 Å². The Hall–Kier alpha value is -3.32. The molecule has 1 aliphatic carbocycles. The van der Waals surface area contributed by atoms with Crippen molar-refractivity contribution in [3.63, 3.8) is 0 Å². The van der Waals surface area contributed by atoms with Gasteiger partial charge in [-0.25, -0.2) is 0 Å². The van der Waals surface area contributed by atoms with Gasteiger partial charge < -0.3 is 4.90 Å². The first-order valence-corrected chi connectivity index (χ1v) is 9.98. The maximum Gasteiger partial charge on any atom is 0.0503 e. The van der Waals surface area contributed by atoms with Gasteiger partial charge in [-0.2, -0.15) is 0 Å². The standard InChI is InChI=1S/C27H21N/c1-2-12-22(13-3-1)28-25-16-8-6-14-23(25)27(24-15-7-9-17-26(24)28)18-20-10-4-5-11-21(20)19-27/h1-17H,18-19H2. The maximum absolute atomic E-state index is 2.43. The van der Waals surface area contributed by atoms with Crippen molar-refractivity contribution >= 4 is 17.1 Å². The summed E-state index contributed by atoms with van der Waals surface area (Å²) in [4.78, 5) is 2.43. The van der Waals surface area contributed by atoms with Gasteiger partial charge in [0.15, 0.2) is 0 Å². The number of fused-ring (bicyclic) bond motifs is 5. The molecule has 0 fully saturated rings. The highest BCUT2D eigenvalue weighted by Crippen LogP contribution is 2.56. The molecular formula is C27H21N. The van der Waals surface area contributed by atoms with Gasteiger partial charge >= 0.3 is 0 Å². The molecule has 2 aliphatic rings. The van der Waals surface area contributed by atoms with Crippen molar-refractivity contribution in [2.75, 3.05) is 4.90 Å². The van der Waals surface area contributed by atoms with Gasteiger partial charge in [0.2, 0.25) is 0 Å². The molecule has 1 aliphatic heterocycles. The molecule has 0 bridgehead atoms. The second-order valence-electron chi connectivity index (χ2n) is 7.91. The lowest BCUT2D eigenvalue weighted by atomic mass is 9.68. The van der Waals surface area contributed by atoms with Crippen LogP contribution < -0.4 is 4.90 Å². The Bertz CT molecular complexity index is 1100. The van der Waals surface area contributed by atoms with E-state index in [0.29, 0.717) is 0 Å². The van der Waals surface area contributed by atoms with Crippen molar-refractivity contribution in [2.24, 2.45) is 0 Å². The van der Waals surface area contributed by atoms with Gasteiger partial charge in [0.05, 0.1) is 11.4 Å². The molecule has 4 aromatic rings. The van der Waals surface area contributed by atoms with Gasteiger partial charge in [0.1, 0.15) is 0 Å². The number of anilines is 3. The summed E-state index contributed by atoms with van der Waals surface area (Å²) < 4.78 is 0. The van der Waals surface area contributed by atoms with E-state index in [9.17, 15) is 0 Å². The Morgan fingerprint density at radius 2 is 0.964 bits per heavy atom. The molecule has 1 heterocycles. The van der Waals surface area contributed by atoms with Crippen molar-refractivity contribution in [1.82, 2.24) is 0 Å². The van der Waals surface area contributed by atoms with Crippen molar-refractivity contribution in [1.29, 1.82) is 0 Å². The normalized spacial score (nSPS) is 15.8. The quantitative estimate of drug-likeness (QED) is 0.372. The first-order valence-electron chi connectivity index (χ1n) is 9.98. The molecule has 28 heavy (non-hydrogen) atoms. The fourth-order valence-electron chi connectivity index (χ4n) is 5.27. The summed E-state index contributed by atoms with van der Waals surface area (Å²) in [5.41, 5.74) is 9.69. The van der Waals surface area contributed by atoms with Crippen LogP contribution in [0.4, 0.5) is 17.1 Å². The molecule has 0 aromatic heterocycles. The van der Waals surface area contributed by atoms with E-state index in [-0.39, 0.29) is 5.41 Å². The van der Waals surface area contributed by atoms with Crippen LogP contribution in [-0.2, 0) is 18.3 Å². The molecule has 0 atom stereocenters. The third kappa shape index (κ3) is 2.07. The molecule has 1 heteroatoms. The second kappa shape index (κ2) is 5.84. The van der Waals surface area contributed by atoms with E-state index in [1.807, 2.05) is 0 Å². The highest BCUT2D eigenvalue weighted by atomic mass is 15.2. The van der Waals surface area contributed by atoms with Crippen LogP contribution in [0.15, 0.2) is 103 Å².